The number of hydrogen-bond donors (Lipinski definition) is 1. The predicted octanol–water partition coefficient (Wildman–Crippen LogP) is 5.36. The molecule has 0 saturated carbocycles. The molecule has 1 aromatic carbocycles. The number of rotatable bonds is 4. The summed E-state index contributed by atoms with van der Waals surface area (Å²) >= 11 is 0. The molecular formula is C22H29F3N2O4. The van der Waals surface area contributed by atoms with E-state index in [0.717, 1.165) is 24.0 Å². The molecule has 1 heterocycles. The third-order valence-electron chi connectivity index (χ3n) is 5.32. The van der Waals surface area contributed by atoms with Crippen LogP contribution in [0.15, 0.2) is 12.1 Å². The lowest BCUT2D eigenvalue weighted by atomic mass is 9.86. The Morgan fingerprint density at radius 3 is 2.65 bits per heavy atom. The average Bonchev–Trinajstić information content (AvgIpc) is 2.62. The van der Waals surface area contributed by atoms with Gasteiger partial charge in [-0.1, -0.05) is 0 Å². The first-order valence-corrected chi connectivity index (χ1v) is 10.5. The first-order chi connectivity index (χ1) is 14.3. The van der Waals surface area contributed by atoms with Gasteiger partial charge in [0.2, 0.25) is 0 Å². The van der Waals surface area contributed by atoms with Gasteiger partial charge in [0.05, 0.1) is 11.7 Å². The van der Waals surface area contributed by atoms with Gasteiger partial charge in [0.1, 0.15) is 11.4 Å². The zero-order valence-corrected chi connectivity index (χ0v) is 18.3. The molecule has 3 rings (SSSR count). The molecule has 1 N–H and O–H groups in total. The van der Waals surface area contributed by atoms with Crippen molar-refractivity contribution in [1.82, 2.24) is 4.90 Å². The Balaban J connectivity index is 1.91. The molecule has 1 aliphatic carbocycles. The number of ether oxygens (including phenoxy) is 2. The first kappa shape index (κ1) is 23.2. The van der Waals surface area contributed by atoms with Crippen molar-refractivity contribution in [2.24, 2.45) is 0 Å². The zero-order valence-electron chi connectivity index (χ0n) is 18.3. The van der Waals surface area contributed by atoms with E-state index in [1.54, 1.807) is 33.8 Å². The number of alkyl halides is 3. The Morgan fingerprint density at radius 2 is 2.00 bits per heavy atom. The summed E-state index contributed by atoms with van der Waals surface area (Å²) in [6, 6.07) is 3.20. The van der Waals surface area contributed by atoms with Crippen molar-refractivity contribution >= 4 is 17.7 Å². The van der Waals surface area contributed by atoms with Gasteiger partial charge in [-0.3, -0.25) is 4.79 Å². The Morgan fingerprint density at radius 1 is 1.29 bits per heavy atom. The van der Waals surface area contributed by atoms with Gasteiger partial charge in [0, 0.05) is 13.0 Å². The second-order valence-corrected chi connectivity index (χ2v) is 9.10. The molecule has 6 nitrogen and oxygen atoms in total. The lowest BCUT2D eigenvalue weighted by Gasteiger charge is -2.38. The maximum atomic E-state index is 12.9. The van der Waals surface area contributed by atoms with Gasteiger partial charge in [-0.15, -0.1) is 0 Å². The number of carbonyl (C=O) groups excluding carboxylic acids is 2. The van der Waals surface area contributed by atoms with Crippen LogP contribution in [0.3, 0.4) is 0 Å². The van der Waals surface area contributed by atoms with Crippen LogP contribution >= 0.6 is 0 Å². The van der Waals surface area contributed by atoms with Crippen molar-refractivity contribution in [2.75, 3.05) is 11.9 Å². The van der Waals surface area contributed by atoms with E-state index in [4.69, 9.17) is 9.47 Å². The number of aryl methyl sites for hydroxylation is 1. The fraction of sp³-hybridized carbons (Fsp3) is 0.636. The standard InChI is InChI=1S/C22H29F3N2O4/c1-13-19(28)26-16-12-15-14(11-18(16)30-13)7-5-8-17(15)27(10-6-9-22(23,24)25)20(29)31-21(2,3)4/h11-13,17H,5-10H2,1-4H3,(H,26,28)/t13-,17-/m1/s1. The lowest BCUT2D eigenvalue weighted by Crippen LogP contribution is -2.41. The Bertz CT molecular complexity index is 848. The van der Waals surface area contributed by atoms with Crippen molar-refractivity contribution in [3.8, 4) is 5.75 Å². The minimum absolute atomic E-state index is 0.0739. The van der Waals surface area contributed by atoms with Crippen LogP contribution in [-0.4, -0.2) is 41.3 Å². The molecule has 1 aliphatic heterocycles. The largest absolute Gasteiger partial charge is 0.479 e. The highest BCUT2D eigenvalue weighted by atomic mass is 19.4. The summed E-state index contributed by atoms with van der Waals surface area (Å²) in [5.74, 6) is 0.293. The molecule has 0 spiro atoms. The van der Waals surface area contributed by atoms with Gasteiger partial charge < -0.3 is 19.7 Å². The van der Waals surface area contributed by atoms with Crippen molar-refractivity contribution in [3.05, 3.63) is 23.3 Å². The molecule has 0 radical (unpaired) electrons. The summed E-state index contributed by atoms with van der Waals surface area (Å²) < 4.78 is 49.4. The number of carbonyl (C=O) groups is 2. The SMILES string of the molecule is C[C@H]1Oc2cc3c(cc2NC1=O)[C@H](N(CCCC(F)(F)F)C(=O)OC(C)(C)C)CCC3. The Kier molecular flexibility index (Phi) is 6.43. The number of hydrogen-bond acceptors (Lipinski definition) is 4. The zero-order chi connectivity index (χ0) is 23.0. The summed E-state index contributed by atoms with van der Waals surface area (Å²) in [7, 11) is 0. The summed E-state index contributed by atoms with van der Waals surface area (Å²) in [5.41, 5.74) is 1.50. The van der Waals surface area contributed by atoms with Gasteiger partial charge >= 0.3 is 12.3 Å². The van der Waals surface area contributed by atoms with Crippen LogP contribution < -0.4 is 10.1 Å². The minimum Gasteiger partial charge on any atom is -0.479 e. The third kappa shape index (κ3) is 5.83. The molecule has 172 valence electrons. The van der Waals surface area contributed by atoms with E-state index in [-0.39, 0.29) is 18.9 Å². The molecule has 0 bridgehead atoms. The molecular weight excluding hydrogens is 413 g/mol. The molecule has 31 heavy (non-hydrogen) atoms. The second-order valence-electron chi connectivity index (χ2n) is 9.10. The predicted molar refractivity (Wildman–Crippen MR) is 109 cm³/mol. The molecule has 0 saturated heterocycles. The van der Waals surface area contributed by atoms with Crippen LogP contribution in [0.5, 0.6) is 5.75 Å². The van der Waals surface area contributed by atoms with E-state index in [9.17, 15) is 22.8 Å². The van der Waals surface area contributed by atoms with Crippen molar-refractivity contribution in [3.63, 3.8) is 0 Å². The molecule has 9 heteroatoms. The van der Waals surface area contributed by atoms with E-state index < -0.39 is 36.4 Å². The van der Waals surface area contributed by atoms with Crippen molar-refractivity contribution < 1.29 is 32.2 Å². The molecule has 1 aromatic rings. The van der Waals surface area contributed by atoms with Crippen LogP contribution in [0.4, 0.5) is 23.7 Å². The van der Waals surface area contributed by atoms with Gasteiger partial charge in [-0.05, 0) is 76.6 Å². The molecule has 2 aliphatic rings. The quantitative estimate of drug-likeness (QED) is 0.681. The average molecular weight is 442 g/mol. The monoisotopic (exact) mass is 442 g/mol. The summed E-state index contributed by atoms with van der Waals surface area (Å²) in [6.07, 6.45) is -4.59. The topological polar surface area (TPSA) is 67.9 Å². The van der Waals surface area contributed by atoms with E-state index in [1.165, 1.54) is 4.90 Å². The van der Waals surface area contributed by atoms with E-state index in [1.807, 2.05) is 6.07 Å². The number of benzene rings is 1. The highest BCUT2D eigenvalue weighted by molar-refractivity contribution is 5.97. The number of halogens is 3. The number of fused-ring (bicyclic) bond motifs is 2. The van der Waals surface area contributed by atoms with Crippen LogP contribution in [0.25, 0.3) is 0 Å². The van der Waals surface area contributed by atoms with Gasteiger partial charge in [-0.25, -0.2) is 4.79 Å². The highest BCUT2D eigenvalue weighted by Crippen LogP contribution is 2.42. The van der Waals surface area contributed by atoms with E-state index in [2.05, 4.69) is 5.32 Å². The third-order valence-corrected chi connectivity index (χ3v) is 5.32. The molecule has 0 fully saturated rings. The normalized spacial score (nSPS) is 20.8. The van der Waals surface area contributed by atoms with E-state index in [0.29, 0.717) is 17.9 Å². The summed E-state index contributed by atoms with van der Waals surface area (Å²) in [5, 5.41) is 2.80. The first-order valence-electron chi connectivity index (χ1n) is 10.5. The minimum atomic E-state index is -4.29. The number of anilines is 1. The second kappa shape index (κ2) is 8.59. The number of amides is 2. The number of nitrogens with one attached hydrogen (secondary N) is 1. The summed E-state index contributed by atoms with van der Waals surface area (Å²) in [6.45, 7) is 6.75. The highest BCUT2D eigenvalue weighted by Gasteiger charge is 2.35. The van der Waals surface area contributed by atoms with Crippen LogP contribution in [0.2, 0.25) is 0 Å². The van der Waals surface area contributed by atoms with Gasteiger partial charge in [0.25, 0.3) is 5.91 Å². The molecule has 0 aromatic heterocycles. The smallest absolute Gasteiger partial charge is 0.410 e. The van der Waals surface area contributed by atoms with Crippen LogP contribution in [0, 0.1) is 0 Å². The maximum absolute atomic E-state index is 12.9. The Labute approximate surface area is 180 Å². The van der Waals surface area contributed by atoms with Crippen molar-refractivity contribution in [1.29, 1.82) is 0 Å². The maximum Gasteiger partial charge on any atom is 0.410 e. The van der Waals surface area contributed by atoms with Gasteiger partial charge in [0.15, 0.2) is 6.10 Å². The number of nitrogens with zero attached hydrogens (tertiary/aromatic N) is 1. The summed E-state index contributed by atoms with van der Waals surface area (Å²) in [4.78, 5) is 26.3. The van der Waals surface area contributed by atoms with Crippen LogP contribution in [0.1, 0.15) is 70.5 Å². The molecule has 2 atom stereocenters. The van der Waals surface area contributed by atoms with Gasteiger partial charge in [-0.2, -0.15) is 13.2 Å². The fourth-order valence-electron chi connectivity index (χ4n) is 3.95. The fourth-order valence-corrected chi connectivity index (χ4v) is 3.95. The molecule has 2 amide bonds. The van der Waals surface area contributed by atoms with E-state index >= 15 is 0 Å². The molecule has 0 unspecified atom stereocenters. The van der Waals surface area contributed by atoms with Crippen molar-refractivity contribution in [2.45, 2.75) is 83.7 Å². The Hall–Kier alpha value is -2.45. The lowest BCUT2D eigenvalue weighted by molar-refractivity contribution is -0.136. The van der Waals surface area contributed by atoms with Crippen LogP contribution in [-0.2, 0) is 16.0 Å².